The van der Waals surface area contributed by atoms with Crippen LogP contribution in [0.4, 0.5) is 43.2 Å². The molecular weight excluding hydrogens is 682 g/mol. The molecule has 3 N–H and O–H groups in total. The first-order chi connectivity index (χ1) is 13.6. The van der Waals surface area contributed by atoms with Gasteiger partial charge in [-0.25, -0.2) is 28.8 Å². The third-order valence-electron chi connectivity index (χ3n) is 1.01. The van der Waals surface area contributed by atoms with Crippen molar-refractivity contribution in [2.75, 3.05) is 0 Å². The van der Waals surface area contributed by atoms with Crippen molar-refractivity contribution in [3.63, 3.8) is 0 Å². The summed E-state index contributed by atoms with van der Waals surface area (Å²) in [5.41, 5.74) is 0. The van der Waals surface area contributed by atoms with E-state index in [1.807, 2.05) is 0 Å². The van der Waals surface area contributed by atoms with E-state index in [0.717, 1.165) is 0 Å². The number of carbonyl (C=O) groups excluding carboxylic acids is 6. The predicted octanol–water partition coefficient (Wildman–Crippen LogP) is -2.52. The minimum absolute atomic E-state index is 0. The van der Waals surface area contributed by atoms with Crippen LogP contribution < -0.4 is 15.3 Å². The molecule has 0 aliphatic carbocycles. The van der Waals surface area contributed by atoms with E-state index >= 15 is 0 Å². The summed E-state index contributed by atoms with van der Waals surface area (Å²) in [6.07, 6.45) is -17.9. The molecule has 0 aromatic heterocycles. The molecule has 1 radical (unpaired) electrons. The molecule has 22 heteroatoms. The van der Waals surface area contributed by atoms with Gasteiger partial charge in [-0.15, -0.1) is 0 Å². The van der Waals surface area contributed by atoms with Crippen LogP contribution >= 0.6 is 0 Å². The fourth-order valence-corrected chi connectivity index (χ4v) is 0.480. The molecular formula is C9H3O21U. The van der Waals surface area contributed by atoms with Gasteiger partial charge in [0.15, 0.2) is 0 Å². The molecule has 0 heterocycles. The average Bonchev–Trinajstić information content (AvgIpc) is 2.42. The van der Waals surface area contributed by atoms with E-state index in [1.54, 1.807) is 0 Å². The van der Waals surface area contributed by atoms with E-state index < -0.39 is 55.4 Å². The Bertz CT molecular complexity index is 557. The van der Waals surface area contributed by atoms with Crippen molar-refractivity contribution in [3.05, 3.63) is 0 Å². The molecule has 0 unspecified atom stereocenters. The molecule has 0 aliphatic heterocycles. The first kappa shape index (κ1) is 34.2. The molecule has 0 saturated carbocycles. The summed E-state index contributed by atoms with van der Waals surface area (Å²) in [5.74, 6) is 0. The number of ether oxygens (including phenoxy) is 6. The Morgan fingerprint density at radius 2 is 0.581 bits per heavy atom. The molecule has 0 aromatic carbocycles. The zero-order valence-corrected chi connectivity index (χ0v) is 17.9. The van der Waals surface area contributed by atoms with E-state index in [9.17, 15) is 58.5 Å². The third kappa shape index (κ3) is 37.2. The Morgan fingerprint density at radius 1 is 0.419 bits per heavy atom. The van der Waals surface area contributed by atoms with Crippen LogP contribution in [0.15, 0.2) is 0 Å². The van der Waals surface area contributed by atoms with E-state index in [-0.39, 0.29) is 31.1 Å². The van der Waals surface area contributed by atoms with Crippen LogP contribution in [-0.4, -0.2) is 70.7 Å². The van der Waals surface area contributed by atoms with Gasteiger partial charge < -0.3 is 73.4 Å². The van der Waals surface area contributed by atoms with Crippen LogP contribution in [-0.2, 0) is 28.4 Å². The molecule has 0 rings (SSSR count). The van der Waals surface area contributed by atoms with Crippen LogP contribution in [0, 0.1) is 31.1 Å². The summed E-state index contributed by atoms with van der Waals surface area (Å²) in [7, 11) is 0. The van der Waals surface area contributed by atoms with Gasteiger partial charge in [0, 0.05) is 0 Å². The van der Waals surface area contributed by atoms with Gasteiger partial charge in [-0.3, -0.25) is 0 Å². The Morgan fingerprint density at radius 3 is 0.742 bits per heavy atom. The van der Waals surface area contributed by atoms with E-state index in [1.165, 1.54) is 0 Å². The van der Waals surface area contributed by atoms with Crippen molar-refractivity contribution in [3.8, 4) is 0 Å². The summed E-state index contributed by atoms with van der Waals surface area (Å²) in [6, 6.07) is 0. The second kappa shape index (κ2) is 19.0. The van der Waals surface area contributed by atoms with Gasteiger partial charge in [0.05, 0.1) is 0 Å². The third-order valence-corrected chi connectivity index (χ3v) is 1.01. The zero-order valence-electron chi connectivity index (χ0n) is 13.7. The van der Waals surface area contributed by atoms with Gasteiger partial charge in [-0.1, -0.05) is 0 Å². The Labute approximate surface area is 188 Å². The van der Waals surface area contributed by atoms with E-state index in [4.69, 9.17) is 15.3 Å². The van der Waals surface area contributed by atoms with Crippen molar-refractivity contribution in [1.29, 1.82) is 0 Å². The van der Waals surface area contributed by atoms with Gasteiger partial charge in [0.25, 0.3) is 18.5 Å². The monoisotopic (exact) mass is 685 g/mol. The minimum atomic E-state index is -2.20. The number of carbonyl (C=O) groups is 9. The smallest absolute Gasteiger partial charge is 0.467 e. The van der Waals surface area contributed by atoms with Crippen molar-refractivity contribution in [2.24, 2.45) is 0 Å². The van der Waals surface area contributed by atoms with E-state index in [2.05, 4.69) is 28.4 Å². The number of carboxylic acid groups (broad SMARTS) is 6. The molecule has 0 aromatic rings. The van der Waals surface area contributed by atoms with Crippen molar-refractivity contribution >= 4 is 55.4 Å². The maximum absolute atomic E-state index is 9.86. The predicted molar refractivity (Wildman–Crippen MR) is 63.0 cm³/mol. The van der Waals surface area contributed by atoms with Gasteiger partial charge in [0.1, 0.15) is 0 Å². The van der Waals surface area contributed by atoms with Crippen molar-refractivity contribution < 1.29 is 133 Å². The normalized spacial score (nSPS) is 7.74. The molecule has 0 amide bonds. The molecule has 0 atom stereocenters. The molecule has 0 bridgehead atoms. The first-order valence-electron chi connectivity index (χ1n) is 5.57. The summed E-state index contributed by atoms with van der Waals surface area (Å²) in [6.45, 7) is 0. The van der Waals surface area contributed by atoms with Gasteiger partial charge in [-0.05, 0) is 0 Å². The molecule has 169 valence electrons. The summed E-state index contributed by atoms with van der Waals surface area (Å²) in [4.78, 5) is 85.9. The maximum atomic E-state index is 9.86. The molecule has 0 spiro atoms. The van der Waals surface area contributed by atoms with Gasteiger partial charge in [-0.2, -0.15) is 0 Å². The van der Waals surface area contributed by atoms with Crippen LogP contribution in [0.25, 0.3) is 0 Å². The maximum Gasteiger partial charge on any atom is 3.00 e. The van der Waals surface area contributed by atoms with Gasteiger partial charge in [0.2, 0.25) is 0 Å². The van der Waals surface area contributed by atoms with E-state index in [0.29, 0.717) is 0 Å². The van der Waals surface area contributed by atoms with Crippen LogP contribution in [0.5, 0.6) is 0 Å². The summed E-state index contributed by atoms with van der Waals surface area (Å²) < 4.78 is 19.0. The van der Waals surface area contributed by atoms with Crippen molar-refractivity contribution in [2.45, 2.75) is 0 Å². The number of hydrogen-bond acceptors (Lipinski definition) is 18. The molecule has 31 heavy (non-hydrogen) atoms. The second-order valence-electron chi connectivity index (χ2n) is 2.91. The largest absolute Gasteiger partial charge is 3.00 e. The molecule has 0 fully saturated rings. The molecule has 0 aliphatic rings. The number of hydrogen-bond donors (Lipinski definition) is 3. The Balaban J connectivity index is -0.000000174. The minimum Gasteiger partial charge on any atom is -0.467 e. The standard InChI is InChI=1S/3C3H2O7.U/c3*4-1(5)9-3(8)10-2(6)7;/h3*(H,4,5)(H,6,7);/q;;;+3/p-3. The van der Waals surface area contributed by atoms with Crippen LogP contribution in [0.2, 0.25) is 0 Å². The van der Waals surface area contributed by atoms with Crippen LogP contribution in [0.3, 0.4) is 0 Å². The quantitative estimate of drug-likeness (QED) is 0.134. The second-order valence-corrected chi connectivity index (χ2v) is 2.91. The fourth-order valence-electron chi connectivity index (χ4n) is 0.480. The number of rotatable bonds is 0. The molecule has 0 saturated heterocycles. The summed E-state index contributed by atoms with van der Waals surface area (Å²) in [5, 5.41) is 51.1. The SMILES string of the molecule is O=C(O)OC(=O)OC(=O)O.O=C([O-])OC(=O)OC(=O)O.O=C([O-])OC(=O)OC(=O)[O-].[U+3]. The first-order valence-corrected chi connectivity index (χ1v) is 5.57. The zero-order chi connectivity index (χ0) is 24.4. The summed E-state index contributed by atoms with van der Waals surface area (Å²) >= 11 is 0. The van der Waals surface area contributed by atoms with Gasteiger partial charge >= 0.3 is 68.0 Å². The van der Waals surface area contributed by atoms with Crippen molar-refractivity contribution in [1.82, 2.24) is 0 Å². The topological polar surface area (TPSA) is 339 Å². The Kier molecular flexibility index (Phi) is 21.0. The van der Waals surface area contributed by atoms with Crippen LogP contribution in [0.1, 0.15) is 0 Å². The average molecular weight is 685 g/mol. The fraction of sp³-hybridized carbons (Fsp3) is 0. The Hall–Kier alpha value is -4.32. The molecule has 21 nitrogen and oxygen atoms in total.